The fourth-order valence-corrected chi connectivity index (χ4v) is 2.04. The van der Waals surface area contributed by atoms with Crippen molar-refractivity contribution in [1.29, 1.82) is 0 Å². The van der Waals surface area contributed by atoms with Gasteiger partial charge in [0.05, 0.1) is 10.0 Å². The second-order valence-corrected chi connectivity index (χ2v) is 5.01. The monoisotopic (exact) mass is 305 g/mol. The van der Waals surface area contributed by atoms with Crippen molar-refractivity contribution < 1.29 is 14.6 Å². The summed E-state index contributed by atoms with van der Waals surface area (Å²) in [5.74, 6) is -0.280. The van der Waals surface area contributed by atoms with Crippen molar-refractivity contribution >= 4 is 29.2 Å². The van der Waals surface area contributed by atoms with Crippen molar-refractivity contribution in [3.8, 4) is 5.75 Å². The van der Waals surface area contributed by atoms with E-state index in [1.54, 1.807) is 18.2 Å². The summed E-state index contributed by atoms with van der Waals surface area (Å²) in [6.45, 7) is 1.85. The molecular formula is C13H17Cl2NO3. The molecular weight excluding hydrogens is 289 g/mol. The predicted molar refractivity (Wildman–Crippen MR) is 76.3 cm³/mol. The molecule has 1 aromatic carbocycles. The zero-order valence-corrected chi connectivity index (χ0v) is 12.2. The van der Waals surface area contributed by atoms with E-state index >= 15 is 0 Å². The van der Waals surface area contributed by atoms with E-state index in [2.05, 4.69) is 0 Å². The van der Waals surface area contributed by atoms with Crippen LogP contribution in [-0.4, -0.2) is 42.7 Å². The number of hydrogen-bond acceptors (Lipinski definition) is 3. The summed E-state index contributed by atoms with van der Waals surface area (Å²) in [4.78, 5) is 12.4. The fourth-order valence-electron chi connectivity index (χ4n) is 1.54. The fraction of sp³-hybridized carbons (Fsp3) is 0.462. The SMILES string of the molecule is CN(CCCC(=O)O)CCOc1c(Cl)cccc1Cl. The van der Waals surface area contributed by atoms with Crippen LogP contribution in [0.25, 0.3) is 0 Å². The molecule has 1 N–H and O–H groups in total. The molecule has 0 radical (unpaired) electrons. The van der Waals surface area contributed by atoms with Crippen LogP contribution >= 0.6 is 23.2 Å². The summed E-state index contributed by atoms with van der Waals surface area (Å²) in [5, 5.41) is 9.51. The average Bonchev–Trinajstić information content (AvgIpc) is 2.32. The Labute approximate surface area is 122 Å². The van der Waals surface area contributed by atoms with Gasteiger partial charge in [-0.25, -0.2) is 0 Å². The number of halogens is 2. The number of likely N-dealkylation sites (N-methyl/N-ethyl adjacent to an activating group) is 1. The van der Waals surface area contributed by atoms with E-state index < -0.39 is 5.97 Å². The molecule has 0 aliphatic carbocycles. The normalized spacial score (nSPS) is 10.7. The van der Waals surface area contributed by atoms with Crippen molar-refractivity contribution in [2.75, 3.05) is 26.7 Å². The van der Waals surface area contributed by atoms with Crippen molar-refractivity contribution in [2.24, 2.45) is 0 Å². The Balaban J connectivity index is 2.28. The lowest BCUT2D eigenvalue weighted by Gasteiger charge is -2.17. The topological polar surface area (TPSA) is 49.8 Å². The summed E-state index contributed by atoms with van der Waals surface area (Å²) < 4.78 is 5.54. The zero-order chi connectivity index (χ0) is 14.3. The van der Waals surface area contributed by atoms with E-state index in [4.69, 9.17) is 33.0 Å². The van der Waals surface area contributed by atoms with Gasteiger partial charge < -0.3 is 14.7 Å². The van der Waals surface area contributed by atoms with Gasteiger partial charge in [-0.05, 0) is 32.1 Å². The Kier molecular flexibility index (Phi) is 6.99. The Bertz CT molecular complexity index is 406. The van der Waals surface area contributed by atoms with E-state index in [0.29, 0.717) is 41.9 Å². The van der Waals surface area contributed by atoms with Crippen LogP contribution in [0.2, 0.25) is 10.0 Å². The van der Waals surface area contributed by atoms with Gasteiger partial charge in [0.1, 0.15) is 6.61 Å². The van der Waals surface area contributed by atoms with E-state index in [1.807, 2.05) is 11.9 Å². The molecule has 0 spiro atoms. The Morgan fingerprint density at radius 3 is 2.53 bits per heavy atom. The van der Waals surface area contributed by atoms with Gasteiger partial charge >= 0.3 is 5.97 Å². The van der Waals surface area contributed by atoms with Gasteiger partial charge in [0.15, 0.2) is 5.75 Å². The predicted octanol–water partition coefficient (Wildman–Crippen LogP) is 3.17. The number of hydrogen-bond donors (Lipinski definition) is 1. The van der Waals surface area contributed by atoms with Crippen molar-refractivity contribution in [3.63, 3.8) is 0 Å². The number of carboxylic acid groups (broad SMARTS) is 1. The molecule has 1 rings (SSSR count). The van der Waals surface area contributed by atoms with Gasteiger partial charge in [-0.1, -0.05) is 29.3 Å². The number of carbonyl (C=O) groups is 1. The van der Waals surface area contributed by atoms with E-state index in [0.717, 1.165) is 0 Å². The Morgan fingerprint density at radius 2 is 1.95 bits per heavy atom. The maximum absolute atomic E-state index is 10.4. The highest BCUT2D eigenvalue weighted by Gasteiger charge is 2.07. The number of rotatable bonds is 8. The lowest BCUT2D eigenvalue weighted by atomic mass is 10.3. The number of benzene rings is 1. The molecule has 0 saturated heterocycles. The summed E-state index contributed by atoms with van der Waals surface area (Å²) in [6, 6.07) is 5.20. The van der Waals surface area contributed by atoms with Crippen LogP contribution < -0.4 is 4.74 Å². The summed E-state index contributed by atoms with van der Waals surface area (Å²) in [5.41, 5.74) is 0. The summed E-state index contributed by atoms with van der Waals surface area (Å²) in [7, 11) is 1.92. The smallest absolute Gasteiger partial charge is 0.303 e. The third kappa shape index (κ3) is 6.14. The summed E-state index contributed by atoms with van der Waals surface area (Å²) in [6.07, 6.45) is 0.806. The number of carboxylic acids is 1. The van der Waals surface area contributed by atoms with Gasteiger partial charge in [-0.2, -0.15) is 0 Å². The largest absolute Gasteiger partial charge is 0.489 e. The summed E-state index contributed by atoms with van der Waals surface area (Å²) >= 11 is 11.9. The maximum atomic E-state index is 10.4. The van der Waals surface area contributed by atoms with Crippen LogP contribution in [0.1, 0.15) is 12.8 Å². The molecule has 0 unspecified atom stereocenters. The minimum absolute atomic E-state index is 0.182. The van der Waals surface area contributed by atoms with Gasteiger partial charge in [-0.15, -0.1) is 0 Å². The number of nitrogens with zero attached hydrogens (tertiary/aromatic N) is 1. The third-order valence-electron chi connectivity index (χ3n) is 2.57. The van der Waals surface area contributed by atoms with Crippen molar-refractivity contribution in [3.05, 3.63) is 28.2 Å². The number of aliphatic carboxylic acids is 1. The molecule has 4 nitrogen and oxygen atoms in total. The van der Waals surface area contributed by atoms with E-state index in [1.165, 1.54) is 0 Å². The molecule has 0 aliphatic heterocycles. The van der Waals surface area contributed by atoms with Crippen LogP contribution in [0.15, 0.2) is 18.2 Å². The van der Waals surface area contributed by atoms with Crippen molar-refractivity contribution in [1.82, 2.24) is 4.90 Å². The van der Waals surface area contributed by atoms with Gasteiger partial charge in [0.25, 0.3) is 0 Å². The zero-order valence-electron chi connectivity index (χ0n) is 10.7. The van der Waals surface area contributed by atoms with Crippen LogP contribution in [0.5, 0.6) is 5.75 Å². The molecule has 0 heterocycles. The molecule has 0 amide bonds. The number of ether oxygens (including phenoxy) is 1. The van der Waals surface area contributed by atoms with Crippen LogP contribution in [0, 0.1) is 0 Å². The number of para-hydroxylation sites is 1. The quantitative estimate of drug-likeness (QED) is 0.801. The first-order valence-corrected chi connectivity index (χ1v) is 6.73. The first kappa shape index (κ1) is 16.1. The Hall–Kier alpha value is -0.970. The molecule has 0 aliphatic rings. The maximum Gasteiger partial charge on any atom is 0.303 e. The second-order valence-electron chi connectivity index (χ2n) is 4.20. The lowest BCUT2D eigenvalue weighted by molar-refractivity contribution is -0.137. The second kappa shape index (κ2) is 8.25. The molecule has 0 saturated carbocycles. The standard InChI is InChI=1S/C13H17Cl2NO3/c1-16(7-3-6-12(17)18)8-9-19-13-10(14)4-2-5-11(13)15/h2,4-5H,3,6-9H2,1H3,(H,17,18). The van der Waals surface area contributed by atoms with E-state index in [9.17, 15) is 4.79 Å². The lowest BCUT2D eigenvalue weighted by Crippen LogP contribution is -2.25. The highest BCUT2D eigenvalue weighted by molar-refractivity contribution is 6.37. The molecule has 0 bridgehead atoms. The average molecular weight is 306 g/mol. The first-order chi connectivity index (χ1) is 9.00. The molecule has 1 aromatic rings. The van der Waals surface area contributed by atoms with Crippen LogP contribution in [0.4, 0.5) is 0 Å². The highest BCUT2D eigenvalue weighted by atomic mass is 35.5. The molecule has 6 heteroatoms. The van der Waals surface area contributed by atoms with Crippen molar-refractivity contribution in [2.45, 2.75) is 12.8 Å². The van der Waals surface area contributed by atoms with Gasteiger partial charge in [0.2, 0.25) is 0 Å². The Morgan fingerprint density at radius 1 is 1.32 bits per heavy atom. The van der Waals surface area contributed by atoms with Crippen LogP contribution in [0.3, 0.4) is 0 Å². The minimum atomic E-state index is -0.771. The highest BCUT2D eigenvalue weighted by Crippen LogP contribution is 2.32. The molecule has 19 heavy (non-hydrogen) atoms. The minimum Gasteiger partial charge on any atom is -0.489 e. The van der Waals surface area contributed by atoms with Crippen LogP contribution in [-0.2, 0) is 4.79 Å². The van der Waals surface area contributed by atoms with Gasteiger partial charge in [0, 0.05) is 13.0 Å². The van der Waals surface area contributed by atoms with E-state index in [-0.39, 0.29) is 6.42 Å². The first-order valence-electron chi connectivity index (χ1n) is 5.98. The molecule has 0 atom stereocenters. The molecule has 106 valence electrons. The third-order valence-corrected chi connectivity index (χ3v) is 3.16. The molecule has 0 aromatic heterocycles. The molecule has 0 fully saturated rings. The van der Waals surface area contributed by atoms with Gasteiger partial charge in [-0.3, -0.25) is 4.79 Å².